The van der Waals surface area contributed by atoms with Gasteiger partial charge in [-0.25, -0.2) is 4.67 Å². The number of aliphatic hydroxyl groups is 1. The third kappa shape index (κ3) is 10.1. The molecule has 0 aliphatic carbocycles. The lowest BCUT2D eigenvalue weighted by atomic mass is 10.2. The lowest BCUT2D eigenvalue weighted by molar-refractivity contribution is -0.0356. The van der Waals surface area contributed by atoms with Crippen molar-refractivity contribution in [2.75, 3.05) is 11.9 Å². The molecule has 0 spiro atoms. The second-order valence-electron chi connectivity index (χ2n) is 5.65. The number of nitriles is 1. The van der Waals surface area contributed by atoms with E-state index in [1.165, 1.54) is 0 Å². The van der Waals surface area contributed by atoms with Gasteiger partial charge < -0.3 is 9.63 Å². The van der Waals surface area contributed by atoms with Gasteiger partial charge in [-0.3, -0.25) is 4.52 Å². The number of hydrogen-bond acceptors (Lipinski definition) is 5. The summed E-state index contributed by atoms with van der Waals surface area (Å²) in [4.78, 5) is 0. The van der Waals surface area contributed by atoms with Gasteiger partial charge in [0, 0.05) is 17.4 Å². The van der Waals surface area contributed by atoms with Crippen LogP contribution in [-0.4, -0.2) is 40.1 Å². The number of alkyl halides is 1. The van der Waals surface area contributed by atoms with Gasteiger partial charge in [-0.15, -0.1) is 0 Å². The quantitative estimate of drug-likeness (QED) is 0.214. The van der Waals surface area contributed by atoms with E-state index >= 15 is 0 Å². The van der Waals surface area contributed by atoms with Crippen molar-refractivity contribution < 1.29 is 14.2 Å². The maximum atomic E-state index is 10.1. The highest BCUT2D eigenvalue weighted by molar-refractivity contribution is 9.09. The number of unbranched alkanes of at least 4 members (excludes halogenated alkanes) is 2. The number of hydrogen-bond donors (Lipinski definition) is 1. The smallest absolute Gasteiger partial charge is 0.261 e. The molecule has 0 aromatic heterocycles. The highest BCUT2D eigenvalue weighted by atomic mass is 79.9. The van der Waals surface area contributed by atoms with Crippen molar-refractivity contribution in [1.29, 1.82) is 5.26 Å². The average molecular weight is 397 g/mol. The minimum absolute atomic E-state index is 0.244. The van der Waals surface area contributed by atoms with Crippen LogP contribution in [0, 0.1) is 11.3 Å². The Kier molecular flexibility index (Phi) is 13.8. The van der Waals surface area contributed by atoms with Crippen molar-refractivity contribution in [1.82, 2.24) is 4.67 Å². The van der Waals surface area contributed by atoms with Crippen molar-refractivity contribution in [3.05, 3.63) is 0 Å². The summed E-state index contributed by atoms with van der Waals surface area (Å²) in [6.07, 6.45) is 3.22. The lowest BCUT2D eigenvalue weighted by Gasteiger charge is -2.36. The van der Waals surface area contributed by atoms with Crippen LogP contribution in [0.15, 0.2) is 0 Å². The van der Waals surface area contributed by atoms with Gasteiger partial charge in [-0.05, 0) is 47.0 Å². The van der Waals surface area contributed by atoms with Crippen LogP contribution in [0.2, 0.25) is 0 Å². The van der Waals surface area contributed by atoms with Crippen LogP contribution in [0.1, 0.15) is 59.8 Å². The molecule has 2 atom stereocenters. The molecule has 0 saturated heterocycles. The SMILES string of the molecule is CC(C)N(C(C)C)P(OCCC#N)OC(O)CCCCCBr. The van der Waals surface area contributed by atoms with Crippen LogP contribution >= 0.6 is 24.5 Å². The Morgan fingerprint density at radius 3 is 2.32 bits per heavy atom. The maximum absolute atomic E-state index is 10.1. The summed E-state index contributed by atoms with van der Waals surface area (Å²) in [5, 5.41) is 19.7. The van der Waals surface area contributed by atoms with E-state index < -0.39 is 14.8 Å². The van der Waals surface area contributed by atoms with Gasteiger partial charge in [0.15, 0.2) is 6.29 Å². The van der Waals surface area contributed by atoms with Crippen molar-refractivity contribution in [3.63, 3.8) is 0 Å². The van der Waals surface area contributed by atoms with Gasteiger partial charge in [0.2, 0.25) is 0 Å². The van der Waals surface area contributed by atoms with E-state index in [9.17, 15) is 5.11 Å². The number of nitrogens with zero attached hydrogens (tertiary/aromatic N) is 2. The van der Waals surface area contributed by atoms with E-state index in [-0.39, 0.29) is 12.1 Å². The van der Waals surface area contributed by atoms with Crippen molar-refractivity contribution in [3.8, 4) is 6.07 Å². The molecule has 0 aliphatic rings. The van der Waals surface area contributed by atoms with Crippen LogP contribution in [0.4, 0.5) is 0 Å². The molecule has 5 nitrogen and oxygen atoms in total. The van der Waals surface area contributed by atoms with E-state index in [0.29, 0.717) is 19.4 Å². The second-order valence-corrected chi connectivity index (χ2v) is 7.84. The predicted molar refractivity (Wildman–Crippen MR) is 94.6 cm³/mol. The highest BCUT2D eigenvalue weighted by Gasteiger charge is 2.29. The molecule has 0 aromatic rings. The first kappa shape index (κ1) is 22.2. The van der Waals surface area contributed by atoms with E-state index in [1.807, 2.05) is 0 Å². The molecule has 0 radical (unpaired) electrons. The molecular weight excluding hydrogens is 367 g/mol. The van der Waals surface area contributed by atoms with Gasteiger partial charge in [0.25, 0.3) is 8.53 Å². The molecule has 0 aromatic carbocycles. The molecule has 0 fully saturated rings. The van der Waals surface area contributed by atoms with Crippen molar-refractivity contribution in [2.45, 2.75) is 78.2 Å². The molecular formula is C15H30BrN2O3P. The fraction of sp³-hybridized carbons (Fsp3) is 0.933. The zero-order valence-electron chi connectivity index (χ0n) is 14.2. The molecule has 0 saturated carbocycles. The van der Waals surface area contributed by atoms with Gasteiger partial charge in [0.05, 0.1) is 19.1 Å². The molecule has 7 heteroatoms. The number of rotatable bonds is 13. The van der Waals surface area contributed by atoms with E-state index in [4.69, 9.17) is 14.3 Å². The molecule has 130 valence electrons. The summed E-state index contributed by atoms with van der Waals surface area (Å²) < 4.78 is 13.6. The molecule has 0 bridgehead atoms. The number of aliphatic hydroxyl groups excluding tert-OH is 1. The van der Waals surface area contributed by atoms with Crippen LogP contribution in [0.3, 0.4) is 0 Å². The van der Waals surface area contributed by atoms with E-state index in [1.54, 1.807) is 0 Å². The fourth-order valence-corrected chi connectivity index (χ4v) is 4.06. The van der Waals surface area contributed by atoms with Crippen LogP contribution in [0.25, 0.3) is 0 Å². The fourth-order valence-electron chi connectivity index (χ4n) is 2.04. The molecule has 0 rings (SSSR count). The zero-order chi connectivity index (χ0) is 17.0. The summed E-state index contributed by atoms with van der Waals surface area (Å²) in [6, 6.07) is 2.55. The highest BCUT2D eigenvalue weighted by Crippen LogP contribution is 2.47. The average Bonchev–Trinajstić information content (AvgIpc) is 2.43. The standard InChI is InChI=1S/C15H30BrN2O3P/c1-13(2)18(14(3)4)22(20-12-8-11-17)21-15(19)9-6-5-7-10-16/h13-15,19H,5-10,12H2,1-4H3. The molecule has 0 aliphatic heterocycles. The summed E-state index contributed by atoms with van der Waals surface area (Å²) in [5.74, 6) is 0. The van der Waals surface area contributed by atoms with Crippen LogP contribution in [0.5, 0.6) is 0 Å². The summed E-state index contributed by atoms with van der Waals surface area (Å²) in [6.45, 7) is 8.64. The molecule has 0 amide bonds. The third-order valence-corrected chi connectivity index (χ3v) is 5.65. The van der Waals surface area contributed by atoms with Gasteiger partial charge >= 0.3 is 0 Å². The topological polar surface area (TPSA) is 65.7 Å². The van der Waals surface area contributed by atoms with Crippen LogP contribution in [-0.2, 0) is 9.05 Å². The largest absolute Gasteiger partial charge is 0.368 e. The normalized spacial score (nSPS) is 14.5. The Bertz CT molecular complexity index is 306. The molecule has 22 heavy (non-hydrogen) atoms. The Hall–Kier alpha value is 0.240. The minimum Gasteiger partial charge on any atom is -0.368 e. The molecule has 1 N–H and O–H groups in total. The Balaban J connectivity index is 4.53. The minimum atomic E-state index is -1.36. The first-order valence-corrected chi connectivity index (χ1v) is 10.2. The van der Waals surface area contributed by atoms with E-state index in [2.05, 4.69) is 54.4 Å². The Labute approximate surface area is 145 Å². The predicted octanol–water partition coefficient (Wildman–Crippen LogP) is 4.55. The second kappa shape index (κ2) is 13.7. The maximum Gasteiger partial charge on any atom is 0.261 e. The monoisotopic (exact) mass is 396 g/mol. The zero-order valence-corrected chi connectivity index (χ0v) is 16.6. The summed E-state index contributed by atoms with van der Waals surface area (Å²) >= 11 is 3.40. The third-order valence-electron chi connectivity index (χ3n) is 2.96. The Morgan fingerprint density at radius 2 is 1.82 bits per heavy atom. The Morgan fingerprint density at radius 1 is 1.18 bits per heavy atom. The van der Waals surface area contributed by atoms with Crippen molar-refractivity contribution >= 4 is 24.5 Å². The van der Waals surface area contributed by atoms with Crippen molar-refractivity contribution in [2.24, 2.45) is 0 Å². The summed E-state index contributed by atoms with van der Waals surface area (Å²) in [7, 11) is -1.36. The molecule has 2 unspecified atom stereocenters. The first-order valence-electron chi connectivity index (χ1n) is 7.93. The van der Waals surface area contributed by atoms with Gasteiger partial charge in [0.1, 0.15) is 0 Å². The summed E-state index contributed by atoms with van der Waals surface area (Å²) in [5.41, 5.74) is 0. The molecule has 0 heterocycles. The lowest BCUT2D eigenvalue weighted by Crippen LogP contribution is -2.34. The van der Waals surface area contributed by atoms with Gasteiger partial charge in [-0.1, -0.05) is 22.4 Å². The first-order chi connectivity index (χ1) is 10.4. The van der Waals surface area contributed by atoms with E-state index in [0.717, 1.165) is 24.6 Å². The van der Waals surface area contributed by atoms with Gasteiger partial charge in [-0.2, -0.15) is 5.26 Å². The van der Waals surface area contributed by atoms with Crippen LogP contribution < -0.4 is 0 Å². The number of halogens is 1.